The number of hydrogen-bond acceptors (Lipinski definition) is 5. The number of likely N-dealkylation sites (tertiary alicyclic amines) is 1. The van der Waals surface area contributed by atoms with Gasteiger partial charge in [0.1, 0.15) is 6.04 Å². The number of fused-ring (bicyclic) bond motifs is 1. The first kappa shape index (κ1) is 20.4. The molecule has 2 N–H and O–H groups in total. The van der Waals surface area contributed by atoms with Gasteiger partial charge in [-0.3, -0.25) is 4.79 Å². The third kappa shape index (κ3) is 4.76. The number of benzene rings is 2. The van der Waals surface area contributed by atoms with Crippen molar-refractivity contribution in [3.05, 3.63) is 42.5 Å². The van der Waals surface area contributed by atoms with Gasteiger partial charge in [-0.15, -0.1) is 0 Å². The van der Waals surface area contributed by atoms with Crippen LogP contribution in [0.4, 0.5) is 0 Å². The standard InChI is InChI=1S/C20H24N2O5S/c1-14-8-10-22(11-9-14)13-18(19(23)20(24)25)21-28(26,27)17-7-6-15-4-2-3-5-16(15)12-17/h2-7,12,14,18,21H,8-11,13H2,1H3,(H,24,25). The molecule has 0 saturated carbocycles. The summed E-state index contributed by atoms with van der Waals surface area (Å²) in [7, 11) is -4.05. The van der Waals surface area contributed by atoms with Crippen molar-refractivity contribution in [2.24, 2.45) is 5.92 Å². The number of hydrogen-bond donors (Lipinski definition) is 2. The Morgan fingerprint density at radius 3 is 2.43 bits per heavy atom. The van der Waals surface area contributed by atoms with E-state index >= 15 is 0 Å². The van der Waals surface area contributed by atoms with Crippen LogP contribution in [0, 0.1) is 5.92 Å². The minimum atomic E-state index is -4.05. The fourth-order valence-corrected chi connectivity index (χ4v) is 4.64. The van der Waals surface area contributed by atoms with Crippen molar-refractivity contribution in [3.63, 3.8) is 0 Å². The third-order valence-electron chi connectivity index (χ3n) is 5.17. The van der Waals surface area contributed by atoms with Crippen LogP contribution in [-0.4, -0.2) is 55.9 Å². The summed E-state index contributed by atoms with van der Waals surface area (Å²) >= 11 is 0. The van der Waals surface area contributed by atoms with Crippen LogP contribution in [0.5, 0.6) is 0 Å². The lowest BCUT2D eigenvalue weighted by Gasteiger charge is -2.32. The van der Waals surface area contributed by atoms with Gasteiger partial charge in [-0.2, -0.15) is 4.72 Å². The van der Waals surface area contributed by atoms with Crippen LogP contribution in [0.2, 0.25) is 0 Å². The molecule has 1 fully saturated rings. The predicted octanol–water partition coefficient (Wildman–Crippen LogP) is 1.87. The maximum atomic E-state index is 12.8. The molecule has 0 amide bonds. The van der Waals surface area contributed by atoms with Gasteiger partial charge in [-0.25, -0.2) is 13.2 Å². The van der Waals surface area contributed by atoms with Crippen LogP contribution in [0.1, 0.15) is 19.8 Å². The number of carboxylic acids is 1. The molecule has 1 aliphatic heterocycles. The molecule has 1 unspecified atom stereocenters. The largest absolute Gasteiger partial charge is 0.475 e. The number of Topliss-reactive ketones (excluding diaryl/α,β-unsaturated/α-hetero) is 1. The molecule has 1 saturated heterocycles. The number of carbonyl (C=O) groups excluding carboxylic acids is 1. The topological polar surface area (TPSA) is 104 Å². The molecule has 0 bridgehead atoms. The van der Waals surface area contributed by atoms with E-state index in [1.807, 2.05) is 17.0 Å². The van der Waals surface area contributed by atoms with Gasteiger partial charge in [0.2, 0.25) is 10.0 Å². The third-order valence-corrected chi connectivity index (χ3v) is 6.64. The number of sulfonamides is 1. The van der Waals surface area contributed by atoms with E-state index in [1.54, 1.807) is 18.2 Å². The van der Waals surface area contributed by atoms with E-state index < -0.39 is 27.8 Å². The lowest BCUT2D eigenvalue weighted by atomic mass is 9.98. The molecule has 8 heteroatoms. The monoisotopic (exact) mass is 404 g/mol. The van der Waals surface area contributed by atoms with Crippen molar-refractivity contribution in [2.45, 2.75) is 30.7 Å². The summed E-state index contributed by atoms with van der Waals surface area (Å²) in [4.78, 5) is 25.3. The summed E-state index contributed by atoms with van der Waals surface area (Å²) < 4.78 is 28.0. The second-order valence-electron chi connectivity index (χ2n) is 7.34. The zero-order chi connectivity index (χ0) is 20.3. The summed E-state index contributed by atoms with van der Waals surface area (Å²) in [6.45, 7) is 3.61. The Morgan fingerprint density at radius 2 is 1.79 bits per heavy atom. The van der Waals surface area contributed by atoms with Gasteiger partial charge in [-0.1, -0.05) is 37.3 Å². The normalized spacial score (nSPS) is 17.5. The van der Waals surface area contributed by atoms with Crippen molar-refractivity contribution in [2.75, 3.05) is 19.6 Å². The van der Waals surface area contributed by atoms with Gasteiger partial charge in [0.25, 0.3) is 5.78 Å². The molecule has 28 heavy (non-hydrogen) atoms. The highest BCUT2D eigenvalue weighted by Crippen LogP contribution is 2.20. The molecular weight excluding hydrogens is 380 g/mol. The number of nitrogens with zero attached hydrogens (tertiary/aromatic N) is 1. The minimum absolute atomic E-state index is 0.00153. The lowest BCUT2D eigenvalue weighted by molar-refractivity contribution is -0.150. The molecule has 2 aromatic carbocycles. The number of carbonyl (C=O) groups is 2. The number of piperidine rings is 1. The van der Waals surface area contributed by atoms with E-state index in [9.17, 15) is 18.0 Å². The highest BCUT2D eigenvalue weighted by Gasteiger charge is 2.32. The van der Waals surface area contributed by atoms with Crippen molar-refractivity contribution in [3.8, 4) is 0 Å². The van der Waals surface area contributed by atoms with E-state index in [-0.39, 0.29) is 11.4 Å². The molecule has 1 aliphatic rings. The zero-order valence-corrected chi connectivity index (χ0v) is 16.5. The van der Waals surface area contributed by atoms with E-state index in [1.165, 1.54) is 12.1 Å². The van der Waals surface area contributed by atoms with Crippen LogP contribution in [0.15, 0.2) is 47.4 Å². The predicted molar refractivity (Wildman–Crippen MR) is 106 cm³/mol. The van der Waals surface area contributed by atoms with Crippen molar-refractivity contribution < 1.29 is 23.1 Å². The molecular formula is C20H24N2O5S. The van der Waals surface area contributed by atoms with Crippen LogP contribution >= 0.6 is 0 Å². The van der Waals surface area contributed by atoms with Crippen LogP contribution in [0.25, 0.3) is 10.8 Å². The number of aliphatic carboxylic acids is 1. The Labute approximate surface area is 164 Å². The quantitative estimate of drug-likeness (QED) is 0.683. The van der Waals surface area contributed by atoms with E-state index in [2.05, 4.69) is 11.6 Å². The Bertz CT molecular complexity index is 981. The number of nitrogens with one attached hydrogen (secondary N) is 1. The minimum Gasteiger partial charge on any atom is -0.475 e. The Hall–Kier alpha value is -2.29. The maximum absolute atomic E-state index is 12.8. The Balaban J connectivity index is 1.83. The van der Waals surface area contributed by atoms with Gasteiger partial charge in [0.15, 0.2) is 0 Å². The van der Waals surface area contributed by atoms with E-state index in [0.29, 0.717) is 19.0 Å². The first-order valence-electron chi connectivity index (χ1n) is 9.27. The fourth-order valence-electron chi connectivity index (χ4n) is 3.42. The van der Waals surface area contributed by atoms with E-state index in [0.717, 1.165) is 23.6 Å². The summed E-state index contributed by atoms with van der Waals surface area (Å²) in [5.74, 6) is -2.22. The summed E-state index contributed by atoms with van der Waals surface area (Å²) in [5, 5.41) is 10.8. The zero-order valence-electron chi connectivity index (χ0n) is 15.7. The number of rotatable bonds is 7. The smallest absolute Gasteiger partial charge is 0.373 e. The SMILES string of the molecule is CC1CCN(CC(NS(=O)(=O)c2ccc3ccccc3c2)C(=O)C(=O)O)CC1. The van der Waals surface area contributed by atoms with E-state index in [4.69, 9.17) is 5.11 Å². The molecule has 7 nitrogen and oxygen atoms in total. The summed E-state index contributed by atoms with van der Waals surface area (Å²) in [6, 6.07) is 10.6. The van der Waals surface area contributed by atoms with Crippen LogP contribution in [0.3, 0.4) is 0 Å². The maximum Gasteiger partial charge on any atom is 0.373 e. The van der Waals surface area contributed by atoms with Crippen LogP contribution in [-0.2, 0) is 19.6 Å². The lowest BCUT2D eigenvalue weighted by Crippen LogP contribution is -2.51. The van der Waals surface area contributed by atoms with Gasteiger partial charge < -0.3 is 10.0 Å². The molecule has 1 heterocycles. The molecule has 0 aliphatic carbocycles. The highest BCUT2D eigenvalue weighted by molar-refractivity contribution is 7.89. The van der Waals surface area contributed by atoms with Gasteiger partial charge in [0.05, 0.1) is 4.90 Å². The molecule has 1 atom stereocenters. The van der Waals surface area contributed by atoms with Crippen LogP contribution < -0.4 is 4.72 Å². The molecule has 0 spiro atoms. The Morgan fingerprint density at radius 1 is 1.14 bits per heavy atom. The molecule has 3 rings (SSSR count). The second-order valence-corrected chi connectivity index (χ2v) is 9.05. The first-order valence-corrected chi connectivity index (χ1v) is 10.8. The highest BCUT2D eigenvalue weighted by atomic mass is 32.2. The second kappa shape index (κ2) is 8.38. The summed E-state index contributed by atoms with van der Waals surface area (Å²) in [5.41, 5.74) is 0. The van der Waals surface area contributed by atoms with Crippen molar-refractivity contribution >= 4 is 32.5 Å². The Kier molecular flexibility index (Phi) is 6.12. The number of carboxylic acid groups (broad SMARTS) is 1. The first-order chi connectivity index (χ1) is 13.3. The molecule has 0 radical (unpaired) electrons. The van der Waals surface area contributed by atoms with Crippen molar-refractivity contribution in [1.29, 1.82) is 0 Å². The average Bonchev–Trinajstić information content (AvgIpc) is 2.68. The van der Waals surface area contributed by atoms with Gasteiger partial charge in [0, 0.05) is 6.54 Å². The average molecular weight is 404 g/mol. The van der Waals surface area contributed by atoms with Crippen molar-refractivity contribution in [1.82, 2.24) is 9.62 Å². The molecule has 0 aromatic heterocycles. The summed E-state index contributed by atoms with van der Waals surface area (Å²) in [6.07, 6.45) is 1.87. The van der Waals surface area contributed by atoms with Gasteiger partial charge in [-0.05, 0) is 54.8 Å². The molecule has 150 valence electrons. The fraction of sp³-hybridized carbons (Fsp3) is 0.400. The molecule has 2 aromatic rings. The number of ketones is 1. The van der Waals surface area contributed by atoms with Gasteiger partial charge >= 0.3 is 5.97 Å².